The van der Waals surface area contributed by atoms with Gasteiger partial charge in [0.05, 0.1) is 23.7 Å². The van der Waals surface area contributed by atoms with Gasteiger partial charge in [0.1, 0.15) is 5.76 Å². The molecule has 0 saturated carbocycles. The number of amides is 1. The number of furan rings is 1. The predicted octanol–water partition coefficient (Wildman–Crippen LogP) is 3.13. The second-order valence-corrected chi connectivity index (χ2v) is 8.95. The van der Waals surface area contributed by atoms with Crippen molar-refractivity contribution in [2.75, 3.05) is 25.0 Å². The van der Waals surface area contributed by atoms with Crippen molar-refractivity contribution < 1.29 is 17.6 Å². The van der Waals surface area contributed by atoms with Crippen LogP contribution in [0.2, 0.25) is 0 Å². The average molecular weight is 406 g/mol. The third-order valence-electron chi connectivity index (χ3n) is 4.88. The van der Waals surface area contributed by atoms with Gasteiger partial charge in [0, 0.05) is 18.8 Å². The van der Waals surface area contributed by atoms with Crippen molar-refractivity contribution in [3.05, 3.63) is 48.4 Å². The zero-order valence-corrected chi connectivity index (χ0v) is 16.9. The Labute approximate surface area is 166 Å². The van der Waals surface area contributed by atoms with Crippen LogP contribution < -0.4 is 10.6 Å². The summed E-state index contributed by atoms with van der Waals surface area (Å²) in [5, 5.41) is 5.85. The fourth-order valence-electron chi connectivity index (χ4n) is 3.23. The maximum Gasteiger partial charge on any atom is 0.243 e. The lowest BCUT2D eigenvalue weighted by Crippen LogP contribution is -2.32. The molecule has 1 aliphatic rings. The van der Waals surface area contributed by atoms with Gasteiger partial charge in [-0.25, -0.2) is 8.42 Å². The highest BCUT2D eigenvalue weighted by Gasteiger charge is 2.25. The van der Waals surface area contributed by atoms with E-state index >= 15 is 0 Å². The number of anilines is 1. The molecule has 0 radical (unpaired) electrons. The molecule has 2 aromatic rings. The number of rotatable bonds is 7. The maximum absolute atomic E-state index is 12.8. The second-order valence-electron chi connectivity index (χ2n) is 7.01. The number of nitrogens with one attached hydrogen (secondary N) is 2. The summed E-state index contributed by atoms with van der Waals surface area (Å²) in [7, 11) is -3.48. The van der Waals surface area contributed by atoms with Crippen LogP contribution in [0.4, 0.5) is 5.69 Å². The maximum atomic E-state index is 12.8. The Morgan fingerprint density at radius 3 is 2.39 bits per heavy atom. The van der Waals surface area contributed by atoms with E-state index in [1.54, 1.807) is 40.9 Å². The quantitative estimate of drug-likeness (QED) is 0.738. The van der Waals surface area contributed by atoms with Gasteiger partial charge >= 0.3 is 0 Å². The highest BCUT2D eigenvalue weighted by Crippen LogP contribution is 2.21. The largest absolute Gasteiger partial charge is 0.468 e. The van der Waals surface area contributed by atoms with Crippen LogP contribution in [0, 0.1) is 0 Å². The number of carbonyl (C=O) groups is 1. The Morgan fingerprint density at radius 2 is 1.79 bits per heavy atom. The molecular formula is C20H27N3O4S. The van der Waals surface area contributed by atoms with E-state index in [-0.39, 0.29) is 23.4 Å². The topological polar surface area (TPSA) is 91.7 Å². The Bertz CT molecular complexity index is 855. The molecule has 28 heavy (non-hydrogen) atoms. The lowest BCUT2D eigenvalue weighted by atomic mass is 10.2. The molecule has 2 heterocycles. The Balaban J connectivity index is 1.55. The summed E-state index contributed by atoms with van der Waals surface area (Å²) in [6, 6.07) is 9.91. The van der Waals surface area contributed by atoms with Gasteiger partial charge in [-0.15, -0.1) is 0 Å². The smallest absolute Gasteiger partial charge is 0.243 e. The van der Waals surface area contributed by atoms with Crippen LogP contribution in [-0.2, 0) is 14.8 Å². The highest BCUT2D eigenvalue weighted by molar-refractivity contribution is 7.89. The summed E-state index contributed by atoms with van der Waals surface area (Å²) >= 11 is 0. The molecule has 152 valence electrons. The van der Waals surface area contributed by atoms with Crippen LogP contribution >= 0.6 is 0 Å². The summed E-state index contributed by atoms with van der Waals surface area (Å²) in [6.45, 7) is 3.17. The average Bonchev–Trinajstić information content (AvgIpc) is 3.08. The predicted molar refractivity (Wildman–Crippen MR) is 107 cm³/mol. The summed E-state index contributed by atoms with van der Waals surface area (Å²) in [6.07, 6.45) is 5.54. The first-order chi connectivity index (χ1) is 13.5. The summed E-state index contributed by atoms with van der Waals surface area (Å²) in [5.74, 6) is 0.553. The molecule has 2 N–H and O–H groups in total. The minimum atomic E-state index is -3.48. The number of nitrogens with zero attached hydrogens (tertiary/aromatic N) is 1. The molecule has 1 amide bonds. The molecule has 3 rings (SSSR count). The van der Waals surface area contributed by atoms with Gasteiger partial charge in [-0.1, -0.05) is 12.8 Å². The van der Waals surface area contributed by atoms with Gasteiger partial charge in [0.25, 0.3) is 0 Å². The molecule has 0 aliphatic carbocycles. The van der Waals surface area contributed by atoms with Crippen molar-refractivity contribution in [2.24, 2.45) is 0 Å². The number of benzene rings is 1. The van der Waals surface area contributed by atoms with E-state index in [0.717, 1.165) is 31.4 Å². The van der Waals surface area contributed by atoms with E-state index in [2.05, 4.69) is 10.6 Å². The van der Waals surface area contributed by atoms with Gasteiger partial charge < -0.3 is 9.73 Å². The molecule has 1 aromatic heterocycles. The SMILES string of the molecule is CC(NCC(=O)Nc1ccc(S(=O)(=O)N2CCCCCC2)cc1)c1ccco1. The first kappa shape index (κ1) is 20.6. The lowest BCUT2D eigenvalue weighted by molar-refractivity contribution is -0.115. The highest BCUT2D eigenvalue weighted by atomic mass is 32.2. The van der Waals surface area contributed by atoms with Crippen molar-refractivity contribution >= 4 is 21.6 Å². The lowest BCUT2D eigenvalue weighted by Gasteiger charge is -2.20. The summed E-state index contributed by atoms with van der Waals surface area (Å²) < 4.78 is 32.4. The van der Waals surface area contributed by atoms with Crippen molar-refractivity contribution in [3.8, 4) is 0 Å². The van der Waals surface area contributed by atoms with Gasteiger partial charge in [0.2, 0.25) is 15.9 Å². The fourth-order valence-corrected chi connectivity index (χ4v) is 4.75. The molecule has 1 fully saturated rings. The molecule has 7 nitrogen and oxygen atoms in total. The number of hydrogen-bond acceptors (Lipinski definition) is 5. The van der Waals surface area contributed by atoms with E-state index in [1.807, 2.05) is 13.0 Å². The van der Waals surface area contributed by atoms with Crippen LogP contribution in [0.1, 0.15) is 44.4 Å². The zero-order chi connectivity index (χ0) is 20.0. The van der Waals surface area contributed by atoms with Crippen LogP contribution in [0.25, 0.3) is 0 Å². The van der Waals surface area contributed by atoms with Crippen LogP contribution in [0.15, 0.2) is 52.0 Å². The minimum Gasteiger partial charge on any atom is -0.468 e. The summed E-state index contributed by atoms with van der Waals surface area (Å²) in [4.78, 5) is 12.4. The second kappa shape index (κ2) is 9.36. The van der Waals surface area contributed by atoms with Gasteiger partial charge in [-0.3, -0.25) is 10.1 Å². The summed E-state index contributed by atoms with van der Waals surface area (Å²) in [5.41, 5.74) is 0.562. The van der Waals surface area contributed by atoms with E-state index in [9.17, 15) is 13.2 Å². The van der Waals surface area contributed by atoms with E-state index in [4.69, 9.17) is 4.42 Å². The van der Waals surface area contributed by atoms with Crippen molar-refractivity contribution in [3.63, 3.8) is 0 Å². The molecule has 1 atom stereocenters. The zero-order valence-electron chi connectivity index (χ0n) is 16.1. The Kier molecular flexibility index (Phi) is 6.88. The monoisotopic (exact) mass is 405 g/mol. The molecule has 0 bridgehead atoms. The van der Waals surface area contributed by atoms with E-state index < -0.39 is 10.0 Å². The molecule has 0 spiro atoms. The molecular weight excluding hydrogens is 378 g/mol. The minimum absolute atomic E-state index is 0.0816. The molecule has 8 heteroatoms. The fraction of sp³-hybridized carbons (Fsp3) is 0.450. The molecule has 1 aromatic carbocycles. The third kappa shape index (κ3) is 5.21. The van der Waals surface area contributed by atoms with E-state index in [1.165, 1.54) is 0 Å². The van der Waals surface area contributed by atoms with Gasteiger partial charge in [-0.2, -0.15) is 4.31 Å². The van der Waals surface area contributed by atoms with Crippen molar-refractivity contribution in [1.29, 1.82) is 0 Å². The standard InChI is InChI=1S/C20H27N3O4S/c1-16(19-7-6-14-27-19)21-15-20(24)22-17-8-10-18(11-9-17)28(25,26)23-12-4-2-3-5-13-23/h6-11,14,16,21H,2-5,12-13,15H2,1H3,(H,22,24). The molecule has 1 saturated heterocycles. The third-order valence-corrected chi connectivity index (χ3v) is 6.79. The number of sulfonamides is 1. The molecule has 1 unspecified atom stereocenters. The van der Waals surface area contributed by atoms with Crippen LogP contribution in [0.3, 0.4) is 0 Å². The van der Waals surface area contributed by atoms with Gasteiger partial charge in [-0.05, 0) is 56.2 Å². The van der Waals surface area contributed by atoms with E-state index in [0.29, 0.717) is 18.8 Å². The van der Waals surface area contributed by atoms with Crippen LogP contribution in [0.5, 0.6) is 0 Å². The Hall–Kier alpha value is -2.16. The number of hydrogen-bond donors (Lipinski definition) is 2. The number of carbonyl (C=O) groups excluding carboxylic acids is 1. The molecule has 1 aliphatic heterocycles. The van der Waals surface area contributed by atoms with Crippen molar-refractivity contribution in [1.82, 2.24) is 9.62 Å². The van der Waals surface area contributed by atoms with Crippen molar-refractivity contribution in [2.45, 2.75) is 43.5 Å². The Morgan fingerprint density at radius 1 is 1.11 bits per heavy atom. The van der Waals surface area contributed by atoms with Gasteiger partial charge in [0.15, 0.2) is 0 Å². The normalized spacial score (nSPS) is 17.0. The van der Waals surface area contributed by atoms with Crippen LogP contribution in [-0.4, -0.2) is 38.3 Å². The first-order valence-corrected chi connectivity index (χ1v) is 11.1. The first-order valence-electron chi connectivity index (χ1n) is 9.63.